The minimum Gasteiger partial charge on any atom is -0.377 e. The van der Waals surface area contributed by atoms with E-state index in [4.69, 9.17) is 0 Å². The molecule has 0 unspecified atom stereocenters. The second-order valence-corrected chi connectivity index (χ2v) is 9.44. The van der Waals surface area contributed by atoms with Gasteiger partial charge in [-0.2, -0.15) is 12.8 Å². The molecule has 0 fully saturated rings. The van der Waals surface area contributed by atoms with Crippen LogP contribution in [0, 0.1) is 0 Å². The van der Waals surface area contributed by atoms with Crippen LogP contribution in [0.4, 0.5) is 21.9 Å². The zero-order valence-corrected chi connectivity index (χ0v) is 19.6. The maximum Gasteiger partial charge on any atom is 0.353 e. The number of hydrogen-bond donors (Lipinski definition) is 3. The summed E-state index contributed by atoms with van der Waals surface area (Å²) in [4.78, 5) is 14.7. The van der Waals surface area contributed by atoms with Crippen molar-refractivity contribution in [2.24, 2.45) is 0 Å². The zero-order valence-electron chi connectivity index (χ0n) is 18.8. The summed E-state index contributed by atoms with van der Waals surface area (Å²) in [6.07, 6.45) is 0. The summed E-state index contributed by atoms with van der Waals surface area (Å²) >= 11 is 0. The van der Waals surface area contributed by atoms with Crippen LogP contribution in [0.1, 0.15) is 0 Å². The van der Waals surface area contributed by atoms with Crippen molar-refractivity contribution in [2.45, 2.75) is 4.90 Å². The topological polar surface area (TPSA) is 93.8 Å². The number of nitrogens with one attached hydrogen (secondary N) is 3. The molecular formula is C25H25N5O3S. The first-order chi connectivity index (χ1) is 16.4. The molecule has 0 atom stereocenters. The minimum absolute atomic E-state index is 0.0777. The van der Waals surface area contributed by atoms with E-state index >= 15 is 0 Å². The number of nitrogens with zero attached hydrogens (tertiary/aromatic N) is 2. The Labute approximate surface area is 198 Å². The van der Waals surface area contributed by atoms with Gasteiger partial charge in [0.2, 0.25) is 0 Å². The lowest BCUT2D eigenvalue weighted by Gasteiger charge is -2.26. The maximum absolute atomic E-state index is 13.9. The van der Waals surface area contributed by atoms with E-state index in [0.717, 1.165) is 15.5 Å². The number of carbonyl (C=O) groups is 1. The van der Waals surface area contributed by atoms with Gasteiger partial charge in [-0.25, -0.2) is 10.2 Å². The highest BCUT2D eigenvalue weighted by Gasteiger charge is 2.29. The van der Waals surface area contributed by atoms with Gasteiger partial charge in [0.1, 0.15) is 0 Å². The molecular weight excluding hydrogens is 450 g/mol. The number of hydrazine groups is 2. The summed E-state index contributed by atoms with van der Waals surface area (Å²) in [7, 11) is -0.385. The van der Waals surface area contributed by atoms with E-state index in [1.54, 1.807) is 54.6 Å². The summed E-state index contributed by atoms with van der Waals surface area (Å²) in [6, 6.07) is 27.3. The molecule has 0 aliphatic carbocycles. The summed E-state index contributed by atoms with van der Waals surface area (Å²) in [5.74, 6) is 0. The number of amides is 2. The number of urea groups is 1. The number of anilines is 3. The van der Waals surface area contributed by atoms with Gasteiger partial charge in [-0.1, -0.05) is 60.7 Å². The first kappa shape index (κ1) is 22.9. The van der Waals surface area contributed by atoms with Crippen molar-refractivity contribution in [2.75, 3.05) is 28.8 Å². The van der Waals surface area contributed by atoms with Gasteiger partial charge in [0.25, 0.3) is 10.0 Å². The van der Waals surface area contributed by atoms with Crippen molar-refractivity contribution in [1.82, 2.24) is 10.9 Å². The molecule has 0 radical (unpaired) electrons. The van der Waals surface area contributed by atoms with Crippen molar-refractivity contribution >= 4 is 43.9 Å². The van der Waals surface area contributed by atoms with Crippen LogP contribution in [0.25, 0.3) is 10.8 Å². The summed E-state index contributed by atoms with van der Waals surface area (Å²) in [6.45, 7) is 0. The Hall–Kier alpha value is -4.24. The normalized spacial score (nSPS) is 11.0. The van der Waals surface area contributed by atoms with Crippen molar-refractivity contribution in [3.8, 4) is 0 Å². The van der Waals surface area contributed by atoms with Crippen molar-refractivity contribution < 1.29 is 13.2 Å². The Bertz CT molecular complexity index is 1390. The quantitative estimate of drug-likeness (QED) is 0.346. The number of benzene rings is 4. The molecule has 2 amide bonds. The Balaban J connectivity index is 1.72. The molecule has 174 valence electrons. The van der Waals surface area contributed by atoms with Crippen LogP contribution in [0.3, 0.4) is 0 Å². The molecule has 0 saturated heterocycles. The predicted molar refractivity (Wildman–Crippen MR) is 136 cm³/mol. The molecule has 0 aromatic heterocycles. The zero-order chi connectivity index (χ0) is 24.1. The number of carbonyl (C=O) groups excluding carboxylic acids is 1. The molecule has 4 rings (SSSR count). The number of rotatable bonds is 7. The summed E-state index contributed by atoms with van der Waals surface area (Å²) < 4.78 is 28.7. The molecule has 3 N–H and O–H groups in total. The minimum atomic E-state index is -4.19. The van der Waals surface area contributed by atoms with Crippen LogP contribution < -0.4 is 25.6 Å². The first-order valence-electron chi connectivity index (χ1n) is 10.5. The van der Waals surface area contributed by atoms with Gasteiger partial charge in [-0.15, -0.1) is 0 Å². The number of fused-ring (bicyclic) bond motifs is 1. The number of sulfonamides is 1. The third-order valence-corrected chi connectivity index (χ3v) is 6.84. The van der Waals surface area contributed by atoms with Crippen LogP contribution in [0.5, 0.6) is 0 Å². The molecule has 9 heteroatoms. The van der Waals surface area contributed by atoms with Gasteiger partial charge in [0, 0.05) is 30.6 Å². The Morgan fingerprint density at radius 1 is 0.735 bits per heavy atom. The average molecular weight is 476 g/mol. The third kappa shape index (κ3) is 4.74. The SMILES string of the molecule is CN(C)c1cccc2c(S(=O)(=O)N(NC(=O)NNc3ccccc3)c3ccccc3)cccc12. The van der Waals surface area contributed by atoms with Gasteiger partial charge in [0.05, 0.1) is 16.3 Å². The van der Waals surface area contributed by atoms with Gasteiger partial charge < -0.3 is 4.90 Å². The van der Waals surface area contributed by atoms with Crippen LogP contribution in [0.2, 0.25) is 0 Å². The van der Waals surface area contributed by atoms with E-state index in [-0.39, 0.29) is 10.6 Å². The Morgan fingerprint density at radius 3 is 2.03 bits per heavy atom. The van der Waals surface area contributed by atoms with E-state index in [0.29, 0.717) is 11.1 Å². The van der Waals surface area contributed by atoms with E-state index < -0.39 is 16.1 Å². The average Bonchev–Trinajstić information content (AvgIpc) is 2.86. The van der Waals surface area contributed by atoms with Crippen molar-refractivity contribution in [3.05, 3.63) is 97.1 Å². The van der Waals surface area contributed by atoms with Gasteiger partial charge in [-0.05, 0) is 36.4 Å². The molecule has 34 heavy (non-hydrogen) atoms. The van der Waals surface area contributed by atoms with Gasteiger partial charge in [0.15, 0.2) is 0 Å². The van der Waals surface area contributed by atoms with E-state index in [1.165, 1.54) is 6.07 Å². The maximum atomic E-state index is 13.9. The van der Waals surface area contributed by atoms with Gasteiger partial charge >= 0.3 is 6.03 Å². The fourth-order valence-electron chi connectivity index (χ4n) is 3.58. The molecule has 0 spiro atoms. The standard InChI is InChI=1S/C25H25N5O3S/c1-29(2)23-17-9-16-22-21(23)15-10-18-24(22)34(32,33)30(20-13-7-4-8-14-20)28-25(31)27-26-19-11-5-3-6-12-19/h3-18,26H,1-2H3,(H2,27,28,31). The fraction of sp³-hybridized carbons (Fsp3) is 0.0800. The smallest absolute Gasteiger partial charge is 0.353 e. The largest absolute Gasteiger partial charge is 0.377 e. The Morgan fingerprint density at radius 2 is 1.35 bits per heavy atom. The van der Waals surface area contributed by atoms with Crippen LogP contribution in [-0.2, 0) is 10.0 Å². The van der Waals surface area contributed by atoms with Crippen LogP contribution in [-0.4, -0.2) is 28.5 Å². The fourth-order valence-corrected chi connectivity index (χ4v) is 5.08. The summed E-state index contributed by atoms with van der Waals surface area (Å²) in [5, 5.41) is 1.34. The van der Waals surface area contributed by atoms with E-state index in [1.807, 2.05) is 55.4 Å². The highest BCUT2D eigenvalue weighted by molar-refractivity contribution is 7.93. The van der Waals surface area contributed by atoms with Crippen LogP contribution >= 0.6 is 0 Å². The lowest BCUT2D eigenvalue weighted by Crippen LogP contribution is -2.51. The molecule has 0 saturated carbocycles. The third-order valence-electron chi connectivity index (χ3n) is 5.15. The predicted octanol–water partition coefficient (Wildman–Crippen LogP) is 4.34. The molecule has 0 heterocycles. The molecule has 4 aromatic carbocycles. The lowest BCUT2D eigenvalue weighted by atomic mass is 10.1. The van der Waals surface area contributed by atoms with E-state index in [2.05, 4.69) is 16.3 Å². The van der Waals surface area contributed by atoms with Gasteiger partial charge in [-0.3, -0.25) is 10.9 Å². The molecule has 4 aromatic rings. The number of hydrogen-bond acceptors (Lipinski definition) is 5. The van der Waals surface area contributed by atoms with Crippen molar-refractivity contribution in [3.63, 3.8) is 0 Å². The lowest BCUT2D eigenvalue weighted by molar-refractivity contribution is 0.243. The molecule has 0 aliphatic rings. The molecule has 0 aliphatic heterocycles. The van der Waals surface area contributed by atoms with Crippen LogP contribution in [0.15, 0.2) is 102 Å². The Kier molecular flexibility index (Phi) is 6.55. The number of para-hydroxylation sites is 2. The second kappa shape index (κ2) is 9.72. The molecule has 0 bridgehead atoms. The van der Waals surface area contributed by atoms with E-state index in [9.17, 15) is 13.2 Å². The highest BCUT2D eigenvalue weighted by atomic mass is 32.2. The van der Waals surface area contributed by atoms with Crippen molar-refractivity contribution in [1.29, 1.82) is 0 Å². The molecule has 8 nitrogen and oxygen atoms in total. The summed E-state index contributed by atoms with van der Waals surface area (Å²) in [5.41, 5.74) is 9.52. The first-order valence-corrected chi connectivity index (χ1v) is 12.0. The highest BCUT2D eigenvalue weighted by Crippen LogP contribution is 2.32. The monoisotopic (exact) mass is 475 g/mol. The second-order valence-electron chi connectivity index (χ2n) is 7.68.